The Morgan fingerprint density at radius 1 is 1.45 bits per heavy atom. The molecule has 0 spiro atoms. The second-order valence-electron chi connectivity index (χ2n) is 3.64. The molecule has 0 saturated heterocycles. The third-order valence-corrected chi connectivity index (χ3v) is 2.49. The van der Waals surface area contributed by atoms with E-state index in [-0.39, 0.29) is 6.61 Å². The molecule has 1 fully saturated rings. The van der Waals surface area contributed by atoms with E-state index in [4.69, 9.17) is 5.11 Å². The normalized spacial score (nSPS) is 32.9. The molecule has 1 heteroatoms. The van der Waals surface area contributed by atoms with Crippen LogP contribution in [-0.4, -0.2) is 11.7 Å². The van der Waals surface area contributed by atoms with Crippen LogP contribution in [0, 0.1) is 11.8 Å². The molecule has 11 heavy (non-hydrogen) atoms. The summed E-state index contributed by atoms with van der Waals surface area (Å²) in [6.45, 7) is 2.52. The monoisotopic (exact) mass is 154 g/mol. The van der Waals surface area contributed by atoms with Gasteiger partial charge in [-0.15, -0.1) is 0 Å². The molecule has 1 rings (SSSR count). The highest BCUT2D eigenvalue weighted by molar-refractivity contribution is 4.90. The summed E-state index contributed by atoms with van der Waals surface area (Å²) in [5.41, 5.74) is 0. The van der Waals surface area contributed by atoms with Gasteiger partial charge in [-0.3, -0.25) is 0 Å². The molecule has 1 aliphatic rings. The molecule has 0 aromatic rings. The van der Waals surface area contributed by atoms with E-state index in [0.717, 1.165) is 11.8 Å². The maximum atomic E-state index is 8.58. The number of hydrogen-bond acceptors (Lipinski definition) is 1. The van der Waals surface area contributed by atoms with Crippen molar-refractivity contribution in [1.29, 1.82) is 0 Å². The molecule has 0 bridgehead atoms. The summed E-state index contributed by atoms with van der Waals surface area (Å²) in [7, 11) is 0. The number of aliphatic hydroxyl groups excluding tert-OH is 1. The Balaban J connectivity index is 2.28. The van der Waals surface area contributed by atoms with Crippen molar-refractivity contribution in [2.24, 2.45) is 11.8 Å². The fourth-order valence-corrected chi connectivity index (χ4v) is 1.91. The van der Waals surface area contributed by atoms with Gasteiger partial charge in [0, 0.05) is 0 Å². The summed E-state index contributed by atoms with van der Waals surface area (Å²) in [6.07, 6.45) is 9.45. The quantitative estimate of drug-likeness (QED) is 0.605. The lowest BCUT2D eigenvalue weighted by Crippen LogP contribution is -2.10. The van der Waals surface area contributed by atoms with Crippen LogP contribution in [0.25, 0.3) is 0 Å². The molecule has 1 nitrogen and oxygen atoms in total. The minimum absolute atomic E-state index is 0.199. The summed E-state index contributed by atoms with van der Waals surface area (Å²) in [5.74, 6) is 1.63. The summed E-state index contributed by atoms with van der Waals surface area (Å²) in [6, 6.07) is 0. The highest BCUT2D eigenvalue weighted by atomic mass is 16.2. The highest BCUT2D eigenvalue weighted by Gasteiger charge is 2.15. The zero-order valence-corrected chi connectivity index (χ0v) is 7.29. The Bertz CT molecular complexity index is 129. The highest BCUT2D eigenvalue weighted by Crippen LogP contribution is 2.29. The first-order valence-electron chi connectivity index (χ1n) is 4.60. The van der Waals surface area contributed by atoms with Gasteiger partial charge in [0.1, 0.15) is 0 Å². The maximum absolute atomic E-state index is 8.58. The van der Waals surface area contributed by atoms with Gasteiger partial charge in [-0.05, 0) is 24.7 Å². The van der Waals surface area contributed by atoms with Crippen LogP contribution in [0.1, 0.15) is 32.6 Å². The first-order chi connectivity index (χ1) is 5.33. The van der Waals surface area contributed by atoms with Crippen LogP contribution in [0.4, 0.5) is 0 Å². The Morgan fingerprint density at radius 2 is 2.27 bits per heavy atom. The molecule has 2 unspecified atom stereocenters. The minimum atomic E-state index is 0.199. The van der Waals surface area contributed by atoms with Crippen LogP contribution in [-0.2, 0) is 0 Å². The van der Waals surface area contributed by atoms with Crippen LogP contribution in [0.15, 0.2) is 12.2 Å². The average Bonchev–Trinajstić information content (AvgIpc) is 2.01. The van der Waals surface area contributed by atoms with E-state index in [0.29, 0.717) is 0 Å². The summed E-state index contributed by atoms with van der Waals surface area (Å²) in [4.78, 5) is 0. The summed E-state index contributed by atoms with van der Waals surface area (Å²) < 4.78 is 0. The van der Waals surface area contributed by atoms with Gasteiger partial charge in [0.2, 0.25) is 0 Å². The van der Waals surface area contributed by atoms with Gasteiger partial charge >= 0.3 is 0 Å². The van der Waals surface area contributed by atoms with Crippen LogP contribution < -0.4 is 0 Å². The van der Waals surface area contributed by atoms with Gasteiger partial charge in [-0.25, -0.2) is 0 Å². The van der Waals surface area contributed by atoms with Gasteiger partial charge in [-0.1, -0.05) is 31.9 Å². The van der Waals surface area contributed by atoms with Crippen molar-refractivity contribution in [3.8, 4) is 0 Å². The van der Waals surface area contributed by atoms with Gasteiger partial charge in [0.25, 0.3) is 0 Å². The molecule has 0 aromatic carbocycles. The molecule has 0 radical (unpaired) electrons. The van der Waals surface area contributed by atoms with E-state index in [1.54, 1.807) is 0 Å². The molecule has 1 N–H and O–H groups in total. The zero-order valence-electron chi connectivity index (χ0n) is 7.29. The summed E-state index contributed by atoms with van der Waals surface area (Å²) in [5, 5.41) is 8.58. The topological polar surface area (TPSA) is 20.2 Å². The Morgan fingerprint density at radius 3 is 2.91 bits per heavy atom. The molecule has 1 saturated carbocycles. The predicted molar refractivity (Wildman–Crippen MR) is 47.3 cm³/mol. The van der Waals surface area contributed by atoms with Crippen LogP contribution in [0.3, 0.4) is 0 Å². The van der Waals surface area contributed by atoms with Crippen LogP contribution in [0.5, 0.6) is 0 Å². The van der Waals surface area contributed by atoms with E-state index in [1.807, 2.05) is 6.08 Å². The lowest BCUT2D eigenvalue weighted by molar-refractivity contribution is 0.318. The van der Waals surface area contributed by atoms with Crippen molar-refractivity contribution in [2.45, 2.75) is 32.6 Å². The predicted octanol–water partition coefficient (Wildman–Crippen LogP) is 2.36. The standard InChI is InChI=1S/C10H18O/c1-9-4-2-5-10(8-9)6-3-7-11/h3,6,9-11H,2,4-5,7-8H2,1H3/b6-3+. The molecule has 0 amide bonds. The van der Waals surface area contributed by atoms with Crippen LogP contribution in [0.2, 0.25) is 0 Å². The second kappa shape index (κ2) is 4.55. The van der Waals surface area contributed by atoms with Gasteiger partial charge in [-0.2, -0.15) is 0 Å². The summed E-state index contributed by atoms with van der Waals surface area (Å²) >= 11 is 0. The van der Waals surface area contributed by atoms with E-state index in [1.165, 1.54) is 25.7 Å². The van der Waals surface area contributed by atoms with Gasteiger partial charge in [0.05, 0.1) is 6.61 Å². The first kappa shape index (κ1) is 8.79. The van der Waals surface area contributed by atoms with Gasteiger partial charge in [0.15, 0.2) is 0 Å². The van der Waals surface area contributed by atoms with E-state index < -0.39 is 0 Å². The van der Waals surface area contributed by atoms with Crippen molar-refractivity contribution in [3.05, 3.63) is 12.2 Å². The molecule has 1 aliphatic carbocycles. The largest absolute Gasteiger partial charge is 0.392 e. The maximum Gasteiger partial charge on any atom is 0.0612 e. The Hall–Kier alpha value is -0.300. The number of aliphatic hydroxyl groups is 1. The number of allylic oxidation sites excluding steroid dienone is 1. The van der Waals surface area contributed by atoms with Crippen LogP contribution >= 0.6 is 0 Å². The van der Waals surface area contributed by atoms with Gasteiger partial charge < -0.3 is 5.11 Å². The Labute approximate surface area is 69.1 Å². The smallest absolute Gasteiger partial charge is 0.0612 e. The zero-order chi connectivity index (χ0) is 8.10. The lowest BCUT2D eigenvalue weighted by atomic mass is 9.82. The Kier molecular flexibility index (Phi) is 3.64. The molecule has 0 aliphatic heterocycles. The SMILES string of the molecule is CC1CCCC(/C=C/CO)C1. The molecule has 64 valence electrons. The van der Waals surface area contributed by atoms with E-state index >= 15 is 0 Å². The van der Waals surface area contributed by atoms with Crippen molar-refractivity contribution >= 4 is 0 Å². The fraction of sp³-hybridized carbons (Fsp3) is 0.800. The molecule has 2 atom stereocenters. The van der Waals surface area contributed by atoms with Crippen molar-refractivity contribution in [3.63, 3.8) is 0 Å². The molecule has 0 aromatic heterocycles. The first-order valence-corrected chi connectivity index (χ1v) is 4.60. The minimum Gasteiger partial charge on any atom is -0.392 e. The number of rotatable bonds is 2. The fourth-order valence-electron chi connectivity index (χ4n) is 1.91. The average molecular weight is 154 g/mol. The van der Waals surface area contributed by atoms with E-state index in [2.05, 4.69) is 13.0 Å². The molecule has 0 heterocycles. The molecular formula is C10H18O. The second-order valence-corrected chi connectivity index (χ2v) is 3.64. The molecular weight excluding hydrogens is 136 g/mol. The van der Waals surface area contributed by atoms with Crippen molar-refractivity contribution < 1.29 is 5.11 Å². The van der Waals surface area contributed by atoms with Crippen molar-refractivity contribution in [2.75, 3.05) is 6.61 Å². The number of hydrogen-bond donors (Lipinski definition) is 1. The third-order valence-electron chi connectivity index (χ3n) is 2.49. The lowest BCUT2D eigenvalue weighted by Gasteiger charge is -2.23. The third kappa shape index (κ3) is 3.06. The van der Waals surface area contributed by atoms with Crippen molar-refractivity contribution in [1.82, 2.24) is 0 Å². The van der Waals surface area contributed by atoms with E-state index in [9.17, 15) is 0 Å².